The van der Waals surface area contributed by atoms with Gasteiger partial charge in [0, 0.05) is 28.7 Å². The summed E-state index contributed by atoms with van der Waals surface area (Å²) in [5.74, 6) is -0.334. The van der Waals surface area contributed by atoms with E-state index in [0.717, 1.165) is 5.39 Å². The monoisotopic (exact) mass is 337 g/mol. The summed E-state index contributed by atoms with van der Waals surface area (Å²) >= 11 is 3.08. The average molecular weight is 338 g/mol. The molecular weight excluding hydrogens is 328 g/mol. The maximum absolute atomic E-state index is 14.1. The first-order valence-corrected chi connectivity index (χ1v) is 6.74. The van der Waals surface area contributed by atoms with Crippen molar-refractivity contribution in [2.45, 2.75) is 6.92 Å². The van der Waals surface area contributed by atoms with Crippen LogP contribution < -0.4 is 4.74 Å². The van der Waals surface area contributed by atoms with E-state index in [9.17, 15) is 8.78 Å². The average Bonchev–Trinajstić information content (AvgIpc) is 2.87. The maximum atomic E-state index is 14.1. The van der Waals surface area contributed by atoms with Gasteiger partial charge in [-0.05, 0) is 47.1 Å². The molecule has 2 aromatic carbocycles. The Morgan fingerprint density at radius 2 is 1.90 bits per heavy atom. The summed E-state index contributed by atoms with van der Waals surface area (Å²) in [4.78, 5) is 2.96. The largest absolute Gasteiger partial charge is 0.454 e. The van der Waals surface area contributed by atoms with Crippen LogP contribution in [0.4, 0.5) is 8.78 Å². The first kappa shape index (κ1) is 13.1. The highest BCUT2D eigenvalue weighted by molar-refractivity contribution is 9.10. The van der Waals surface area contributed by atoms with Gasteiger partial charge in [0.05, 0.1) is 4.47 Å². The molecule has 3 aromatic rings. The number of hydrogen-bond acceptors (Lipinski definition) is 1. The van der Waals surface area contributed by atoms with Crippen LogP contribution in [0.2, 0.25) is 0 Å². The standard InChI is InChI=1S/C15H10BrF2NO/c1-8-10-4-5-19-14(10)7-13(18)15(8)20-9-2-3-12(17)11(16)6-9/h2-7,19H,1H3. The molecule has 1 heterocycles. The molecule has 0 saturated heterocycles. The molecule has 0 saturated carbocycles. The van der Waals surface area contributed by atoms with E-state index in [0.29, 0.717) is 16.8 Å². The number of ether oxygens (including phenoxy) is 1. The van der Waals surface area contributed by atoms with E-state index < -0.39 is 11.6 Å². The first-order valence-electron chi connectivity index (χ1n) is 5.95. The van der Waals surface area contributed by atoms with E-state index in [-0.39, 0.29) is 10.2 Å². The van der Waals surface area contributed by atoms with Crippen molar-refractivity contribution in [2.75, 3.05) is 0 Å². The number of benzene rings is 2. The number of hydrogen-bond donors (Lipinski definition) is 1. The minimum absolute atomic E-state index is 0.149. The molecule has 1 aromatic heterocycles. The highest BCUT2D eigenvalue weighted by atomic mass is 79.9. The Bertz CT molecular complexity index is 798. The molecular formula is C15H10BrF2NO. The number of aromatic nitrogens is 1. The molecule has 0 atom stereocenters. The van der Waals surface area contributed by atoms with Gasteiger partial charge in [-0.1, -0.05) is 0 Å². The van der Waals surface area contributed by atoms with Crippen molar-refractivity contribution in [3.8, 4) is 11.5 Å². The number of aryl methyl sites for hydroxylation is 1. The van der Waals surface area contributed by atoms with Gasteiger partial charge in [-0.25, -0.2) is 8.78 Å². The molecule has 0 aliphatic heterocycles. The Morgan fingerprint density at radius 3 is 2.65 bits per heavy atom. The number of rotatable bonds is 2. The van der Waals surface area contributed by atoms with Crippen LogP contribution >= 0.6 is 15.9 Å². The van der Waals surface area contributed by atoms with Crippen LogP contribution in [0.5, 0.6) is 11.5 Å². The predicted octanol–water partition coefficient (Wildman–Crippen LogP) is 5.31. The number of halogens is 3. The van der Waals surface area contributed by atoms with E-state index in [2.05, 4.69) is 20.9 Å². The topological polar surface area (TPSA) is 25.0 Å². The summed E-state index contributed by atoms with van der Waals surface area (Å²) in [6.45, 7) is 1.78. The van der Waals surface area contributed by atoms with Gasteiger partial charge in [0.1, 0.15) is 11.6 Å². The summed E-state index contributed by atoms with van der Waals surface area (Å²) in [5.41, 5.74) is 1.41. The Kier molecular flexibility index (Phi) is 3.22. The molecule has 0 fully saturated rings. The maximum Gasteiger partial charge on any atom is 0.168 e. The lowest BCUT2D eigenvalue weighted by atomic mass is 10.1. The van der Waals surface area contributed by atoms with Crippen molar-refractivity contribution in [2.24, 2.45) is 0 Å². The van der Waals surface area contributed by atoms with E-state index >= 15 is 0 Å². The first-order chi connectivity index (χ1) is 9.56. The molecule has 1 N–H and O–H groups in total. The second-order valence-electron chi connectivity index (χ2n) is 4.43. The van der Waals surface area contributed by atoms with Crippen LogP contribution in [0.3, 0.4) is 0 Å². The highest BCUT2D eigenvalue weighted by Crippen LogP contribution is 2.34. The van der Waals surface area contributed by atoms with Crippen molar-refractivity contribution in [1.29, 1.82) is 0 Å². The van der Waals surface area contributed by atoms with Crippen LogP contribution in [0, 0.1) is 18.6 Å². The minimum Gasteiger partial charge on any atom is -0.454 e. The second-order valence-corrected chi connectivity index (χ2v) is 5.28. The third-order valence-corrected chi connectivity index (χ3v) is 3.73. The molecule has 5 heteroatoms. The Balaban J connectivity index is 2.07. The van der Waals surface area contributed by atoms with Gasteiger partial charge in [0.25, 0.3) is 0 Å². The van der Waals surface area contributed by atoms with Gasteiger partial charge in [-0.15, -0.1) is 0 Å². The van der Waals surface area contributed by atoms with Crippen molar-refractivity contribution < 1.29 is 13.5 Å². The molecule has 2 nitrogen and oxygen atoms in total. The zero-order valence-corrected chi connectivity index (χ0v) is 12.1. The van der Waals surface area contributed by atoms with Crippen LogP contribution in [-0.2, 0) is 0 Å². The van der Waals surface area contributed by atoms with Crippen molar-refractivity contribution in [1.82, 2.24) is 4.98 Å². The Labute approximate surface area is 122 Å². The molecule has 0 bridgehead atoms. The molecule has 3 rings (SSSR count). The number of aromatic amines is 1. The van der Waals surface area contributed by atoms with E-state index in [1.807, 2.05) is 6.07 Å². The van der Waals surface area contributed by atoms with Crippen LogP contribution in [-0.4, -0.2) is 4.98 Å². The number of fused-ring (bicyclic) bond motifs is 1. The molecule has 0 amide bonds. The predicted molar refractivity (Wildman–Crippen MR) is 77.2 cm³/mol. The SMILES string of the molecule is Cc1c(Oc2ccc(F)c(Br)c2)c(F)cc2[nH]ccc12. The fourth-order valence-electron chi connectivity index (χ4n) is 2.11. The second kappa shape index (κ2) is 4.90. The van der Waals surface area contributed by atoms with Gasteiger partial charge in [0.15, 0.2) is 11.6 Å². The normalized spacial score (nSPS) is 11.0. The van der Waals surface area contributed by atoms with Crippen LogP contribution in [0.15, 0.2) is 41.0 Å². The quantitative estimate of drug-likeness (QED) is 0.673. The van der Waals surface area contributed by atoms with Crippen LogP contribution in [0.25, 0.3) is 10.9 Å². The van der Waals surface area contributed by atoms with Crippen LogP contribution in [0.1, 0.15) is 5.56 Å². The van der Waals surface area contributed by atoms with Gasteiger partial charge in [0.2, 0.25) is 0 Å². The van der Waals surface area contributed by atoms with Gasteiger partial charge >= 0.3 is 0 Å². The fourth-order valence-corrected chi connectivity index (χ4v) is 2.46. The Morgan fingerprint density at radius 1 is 1.10 bits per heavy atom. The third kappa shape index (κ3) is 2.18. The summed E-state index contributed by atoms with van der Waals surface area (Å²) in [6.07, 6.45) is 1.75. The molecule has 0 unspecified atom stereocenters. The summed E-state index contributed by atoms with van der Waals surface area (Å²) < 4.78 is 33.1. The zero-order chi connectivity index (χ0) is 14.3. The summed E-state index contributed by atoms with van der Waals surface area (Å²) in [7, 11) is 0. The summed E-state index contributed by atoms with van der Waals surface area (Å²) in [6, 6.07) is 7.44. The molecule has 102 valence electrons. The van der Waals surface area contributed by atoms with Gasteiger partial charge < -0.3 is 9.72 Å². The molecule has 0 spiro atoms. The Hall–Kier alpha value is -1.88. The molecule has 0 aliphatic carbocycles. The zero-order valence-electron chi connectivity index (χ0n) is 10.5. The van der Waals surface area contributed by atoms with Crippen molar-refractivity contribution in [3.63, 3.8) is 0 Å². The highest BCUT2D eigenvalue weighted by Gasteiger charge is 2.14. The lowest BCUT2D eigenvalue weighted by Crippen LogP contribution is -1.93. The van der Waals surface area contributed by atoms with Gasteiger partial charge in [-0.2, -0.15) is 0 Å². The minimum atomic E-state index is -0.460. The molecule has 0 radical (unpaired) electrons. The lowest BCUT2D eigenvalue weighted by molar-refractivity contribution is 0.438. The fraction of sp³-hybridized carbons (Fsp3) is 0.0667. The number of H-pyrrole nitrogens is 1. The number of nitrogens with one attached hydrogen (secondary N) is 1. The van der Waals surface area contributed by atoms with E-state index in [1.165, 1.54) is 24.3 Å². The van der Waals surface area contributed by atoms with Crippen molar-refractivity contribution >= 4 is 26.8 Å². The smallest absolute Gasteiger partial charge is 0.168 e. The van der Waals surface area contributed by atoms with Crippen molar-refractivity contribution in [3.05, 3.63) is 58.2 Å². The molecule has 20 heavy (non-hydrogen) atoms. The van der Waals surface area contributed by atoms with Gasteiger partial charge in [-0.3, -0.25) is 0 Å². The third-order valence-electron chi connectivity index (χ3n) is 3.12. The molecule has 0 aliphatic rings. The van der Waals surface area contributed by atoms with E-state index in [1.54, 1.807) is 13.1 Å². The summed E-state index contributed by atoms with van der Waals surface area (Å²) in [5, 5.41) is 0.891. The lowest BCUT2D eigenvalue weighted by Gasteiger charge is -2.11. The van der Waals surface area contributed by atoms with E-state index in [4.69, 9.17) is 4.74 Å².